The van der Waals surface area contributed by atoms with Gasteiger partial charge in [0.1, 0.15) is 30.3 Å². The van der Waals surface area contributed by atoms with E-state index in [-0.39, 0.29) is 29.5 Å². The third-order valence-electron chi connectivity index (χ3n) is 3.58. The minimum Gasteiger partial charge on any atom is -0.485 e. The number of nitrogens with one attached hydrogen (secondary N) is 1. The van der Waals surface area contributed by atoms with Crippen LogP contribution in [0.4, 0.5) is 17.6 Å². The molecule has 30 heavy (non-hydrogen) atoms. The predicted molar refractivity (Wildman–Crippen MR) is 92.0 cm³/mol. The van der Waals surface area contributed by atoms with E-state index < -0.39 is 18.1 Å². The lowest BCUT2D eigenvalue weighted by molar-refractivity contribution is -0.274. The molecule has 13 heteroatoms. The maximum Gasteiger partial charge on any atom is 0.573 e. The Bertz CT molecular complexity index is 1050. The van der Waals surface area contributed by atoms with Crippen molar-refractivity contribution in [3.63, 3.8) is 0 Å². The Kier molecular flexibility index (Phi) is 5.90. The number of benzene rings is 2. The Morgan fingerprint density at radius 1 is 1.17 bits per heavy atom. The molecule has 0 bridgehead atoms. The van der Waals surface area contributed by atoms with Crippen LogP contribution in [0, 0.1) is 5.82 Å². The number of rotatable bonds is 7. The summed E-state index contributed by atoms with van der Waals surface area (Å²) in [6.07, 6.45) is -3.46. The lowest BCUT2D eigenvalue weighted by atomic mass is 10.2. The zero-order valence-corrected chi connectivity index (χ0v) is 14.8. The molecule has 1 aromatic heterocycles. The Morgan fingerprint density at radius 2 is 1.87 bits per heavy atom. The summed E-state index contributed by atoms with van der Waals surface area (Å²) in [4.78, 5) is 15.5. The fourth-order valence-corrected chi connectivity index (χ4v) is 2.31. The number of hydrogen-bond acceptors (Lipinski definition) is 6. The van der Waals surface area contributed by atoms with E-state index in [1.165, 1.54) is 29.2 Å². The van der Waals surface area contributed by atoms with E-state index in [1.807, 2.05) is 0 Å². The van der Waals surface area contributed by atoms with Crippen LogP contribution >= 0.6 is 0 Å². The van der Waals surface area contributed by atoms with Crippen molar-refractivity contribution in [2.75, 3.05) is 0 Å². The van der Waals surface area contributed by atoms with Gasteiger partial charge in [-0.2, -0.15) is 0 Å². The summed E-state index contributed by atoms with van der Waals surface area (Å²) >= 11 is 0. The van der Waals surface area contributed by atoms with Gasteiger partial charge in [0.05, 0.1) is 11.3 Å². The van der Waals surface area contributed by atoms with Crippen molar-refractivity contribution in [3.8, 4) is 17.2 Å². The molecular formula is C17H11F4N6O3-. The van der Waals surface area contributed by atoms with Crippen LogP contribution in [-0.4, -0.2) is 27.0 Å². The molecule has 2 aromatic carbocycles. The van der Waals surface area contributed by atoms with Crippen molar-refractivity contribution in [2.45, 2.75) is 13.0 Å². The van der Waals surface area contributed by atoms with Crippen LogP contribution in [0.15, 0.2) is 54.0 Å². The van der Waals surface area contributed by atoms with Crippen LogP contribution in [-0.2, 0) is 6.61 Å². The number of halogens is 4. The van der Waals surface area contributed by atoms with E-state index in [0.717, 1.165) is 24.3 Å². The van der Waals surface area contributed by atoms with Gasteiger partial charge in [0.25, 0.3) is 0 Å². The zero-order chi connectivity index (χ0) is 21.7. The Labute approximate surface area is 165 Å². The van der Waals surface area contributed by atoms with Gasteiger partial charge in [-0.05, 0) is 36.4 Å². The highest BCUT2D eigenvalue weighted by Crippen LogP contribution is 2.23. The smallest absolute Gasteiger partial charge is 0.485 e. The number of amides is 1. The number of hydrogen-bond donors (Lipinski definition) is 1. The Hall–Kier alpha value is -4.03. The summed E-state index contributed by atoms with van der Waals surface area (Å²) in [5, 5.41) is 6.54. The largest absolute Gasteiger partial charge is 0.573 e. The minimum atomic E-state index is -4.78. The first-order chi connectivity index (χ1) is 14.2. The van der Waals surface area contributed by atoms with Crippen molar-refractivity contribution in [2.24, 2.45) is 5.22 Å². The third kappa shape index (κ3) is 5.27. The van der Waals surface area contributed by atoms with E-state index in [4.69, 9.17) is 10.3 Å². The number of carbonyl (C=O) groups is 1. The highest BCUT2D eigenvalue weighted by Gasteiger charge is 2.31. The number of alkyl halides is 3. The second kappa shape index (κ2) is 8.55. The molecule has 0 spiro atoms. The van der Waals surface area contributed by atoms with Gasteiger partial charge in [-0.25, -0.2) is 14.1 Å². The topological polar surface area (TPSA) is 113 Å². The van der Waals surface area contributed by atoms with Crippen molar-refractivity contribution < 1.29 is 31.8 Å². The highest BCUT2D eigenvalue weighted by atomic mass is 19.4. The molecule has 1 heterocycles. The summed E-state index contributed by atoms with van der Waals surface area (Å²) in [5.41, 5.74) is 10.0. The number of ether oxygens (including phenoxy) is 2. The van der Waals surface area contributed by atoms with E-state index in [0.29, 0.717) is 5.69 Å². The van der Waals surface area contributed by atoms with Gasteiger partial charge in [0, 0.05) is 6.07 Å². The van der Waals surface area contributed by atoms with Gasteiger partial charge in [0.15, 0.2) is 11.7 Å². The van der Waals surface area contributed by atoms with Gasteiger partial charge in [-0.15, -0.1) is 18.3 Å². The van der Waals surface area contributed by atoms with Crippen LogP contribution in [0.2, 0.25) is 0 Å². The van der Waals surface area contributed by atoms with Crippen LogP contribution in [0.3, 0.4) is 0 Å². The van der Waals surface area contributed by atoms with E-state index in [1.54, 1.807) is 5.43 Å². The van der Waals surface area contributed by atoms with E-state index >= 15 is 0 Å². The molecule has 0 radical (unpaired) electrons. The molecular weight excluding hydrogens is 412 g/mol. The third-order valence-corrected chi connectivity index (χ3v) is 3.58. The lowest BCUT2D eigenvalue weighted by Crippen LogP contribution is -2.17. The molecule has 0 aliphatic rings. The van der Waals surface area contributed by atoms with E-state index in [2.05, 4.69) is 20.0 Å². The summed E-state index contributed by atoms with van der Waals surface area (Å²) in [5.74, 6) is -1.90. The Morgan fingerprint density at radius 3 is 2.50 bits per heavy atom. The summed E-state index contributed by atoms with van der Waals surface area (Å²) in [6.45, 7) is -0.140. The monoisotopic (exact) mass is 423 g/mol. The van der Waals surface area contributed by atoms with Crippen LogP contribution in [0.5, 0.6) is 11.5 Å². The van der Waals surface area contributed by atoms with Crippen LogP contribution in [0.25, 0.3) is 11.2 Å². The zero-order valence-electron chi connectivity index (χ0n) is 14.8. The fraction of sp³-hybridized carbons (Fsp3) is 0.118. The van der Waals surface area contributed by atoms with Gasteiger partial charge in [-0.3, -0.25) is 10.0 Å². The summed E-state index contributed by atoms with van der Waals surface area (Å²) < 4.78 is 61.0. The molecule has 0 atom stereocenters. The average molecular weight is 423 g/mol. The standard InChI is InChI=1S/C17H11F4N6O3/c18-14-7-12(5-6-13(14)16(28)24-26-22)29-8-15-23-9-27(25-15)10-1-3-11(4-2-10)30-17(19,20)21/h1-7,9H,8H2,(H-,22,24,28)/q-1. The second-order valence-electron chi connectivity index (χ2n) is 5.62. The molecule has 3 aromatic rings. The van der Waals surface area contributed by atoms with Gasteiger partial charge < -0.3 is 20.4 Å². The van der Waals surface area contributed by atoms with Gasteiger partial charge in [-0.1, -0.05) is 0 Å². The molecule has 0 aliphatic carbocycles. The highest BCUT2D eigenvalue weighted by molar-refractivity contribution is 5.94. The number of carbonyl (C=O) groups excluding carboxylic acids is 1. The second-order valence-corrected chi connectivity index (χ2v) is 5.62. The van der Waals surface area contributed by atoms with Crippen molar-refractivity contribution in [1.29, 1.82) is 0 Å². The van der Waals surface area contributed by atoms with Crippen LogP contribution in [0.1, 0.15) is 16.2 Å². The summed E-state index contributed by atoms with van der Waals surface area (Å²) in [6, 6.07) is 8.41. The predicted octanol–water partition coefficient (Wildman–Crippen LogP) is 3.55. The molecule has 0 fully saturated rings. The van der Waals surface area contributed by atoms with Crippen molar-refractivity contribution in [3.05, 3.63) is 71.5 Å². The molecule has 3 rings (SSSR count). The normalized spacial score (nSPS) is 11.1. The molecule has 0 saturated heterocycles. The first kappa shape index (κ1) is 20.7. The summed E-state index contributed by atoms with van der Waals surface area (Å²) in [7, 11) is 0. The first-order valence-corrected chi connectivity index (χ1v) is 8.08. The molecule has 1 amide bonds. The number of nitrogens with zero attached hydrogens (tertiary/aromatic N) is 5. The van der Waals surface area contributed by atoms with E-state index in [9.17, 15) is 22.4 Å². The molecule has 0 saturated carbocycles. The molecule has 156 valence electrons. The van der Waals surface area contributed by atoms with Crippen LogP contribution < -0.4 is 14.9 Å². The minimum absolute atomic E-state index is 0.0926. The fourth-order valence-electron chi connectivity index (χ4n) is 2.31. The Balaban J connectivity index is 1.63. The van der Waals surface area contributed by atoms with Gasteiger partial charge >= 0.3 is 6.36 Å². The molecule has 1 N–H and O–H groups in total. The maximum absolute atomic E-state index is 13.9. The quantitative estimate of drug-likeness (QED) is 0.355. The van der Waals surface area contributed by atoms with Crippen molar-refractivity contribution >= 4 is 5.91 Å². The lowest BCUT2D eigenvalue weighted by Gasteiger charge is -2.09. The SMILES string of the molecule is [N-]=NNC(=O)c1ccc(OCc2ncn(-c3ccc(OC(F)(F)F)cc3)n2)cc1F. The average Bonchev–Trinajstić information content (AvgIpc) is 3.15. The molecule has 0 aliphatic heterocycles. The number of aromatic nitrogens is 3. The first-order valence-electron chi connectivity index (χ1n) is 8.08. The molecule has 0 unspecified atom stereocenters. The van der Waals surface area contributed by atoms with Gasteiger partial charge in [0.2, 0.25) is 0 Å². The van der Waals surface area contributed by atoms with Crippen molar-refractivity contribution in [1.82, 2.24) is 20.2 Å². The molecule has 9 nitrogen and oxygen atoms in total. The maximum atomic E-state index is 13.9.